The minimum atomic E-state index is -0.946. The maximum atomic E-state index is 13.0. The summed E-state index contributed by atoms with van der Waals surface area (Å²) in [4.78, 5) is 37.7. The molecule has 0 saturated carbocycles. The number of hydrogen-bond acceptors (Lipinski definition) is 5. The van der Waals surface area contributed by atoms with E-state index in [0.717, 1.165) is 16.7 Å². The molecule has 156 valence electrons. The van der Waals surface area contributed by atoms with Gasteiger partial charge >= 0.3 is 5.97 Å². The third-order valence-electron chi connectivity index (χ3n) is 4.84. The van der Waals surface area contributed by atoms with Crippen molar-refractivity contribution in [3.63, 3.8) is 0 Å². The summed E-state index contributed by atoms with van der Waals surface area (Å²) in [6.45, 7) is 3.62. The second-order valence-corrected chi connectivity index (χ2v) is 7.10. The standard InChI is InChI=1S/C24H22N4O3/c1-3-20(23(29)28-21-14-8-9-15(2)25-21)31-24(30)17-11-5-4-10-16(17)22-26-18-12-6-7-13-19(18)27-22/h4-14,20H,3H2,1-2H3,(H,26,27)(H,25,28,29). The number of nitrogens with one attached hydrogen (secondary N) is 2. The van der Waals surface area contributed by atoms with Crippen LogP contribution in [0, 0.1) is 6.92 Å². The van der Waals surface area contributed by atoms with Crippen LogP contribution in [0.1, 0.15) is 29.4 Å². The molecule has 0 bridgehead atoms. The highest BCUT2D eigenvalue weighted by Gasteiger charge is 2.24. The SMILES string of the molecule is CCC(OC(=O)c1ccccc1-c1nc2ccccc2[nH]1)C(=O)Nc1cccc(C)n1. The number of amides is 1. The lowest BCUT2D eigenvalue weighted by Crippen LogP contribution is -2.32. The molecule has 2 heterocycles. The molecule has 0 saturated heterocycles. The molecule has 1 amide bonds. The van der Waals surface area contributed by atoms with Crippen LogP contribution in [0.25, 0.3) is 22.4 Å². The highest BCUT2D eigenvalue weighted by molar-refractivity contribution is 6.00. The number of aromatic nitrogens is 3. The fraction of sp³-hybridized carbons (Fsp3) is 0.167. The van der Waals surface area contributed by atoms with Crippen molar-refractivity contribution in [2.24, 2.45) is 0 Å². The minimum absolute atomic E-state index is 0.330. The summed E-state index contributed by atoms with van der Waals surface area (Å²) < 4.78 is 5.57. The number of nitrogens with zero attached hydrogens (tertiary/aromatic N) is 2. The predicted octanol–water partition coefficient (Wildman–Crippen LogP) is 4.51. The zero-order valence-electron chi connectivity index (χ0n) is 17.3. The number of carbonyl (C=O) groups excluding carboxylic acids is 2. The fourth-order valence-electron chi connectivity index (χ4n) is 3.28. The Morgan fingerprint density at radius 2 is 1.77 bits per heavy atom. The number of imidazole rings is 1. The molecule has 0 spiro atoms. The van der Waals surface area contributed by atoms with Crippen molar-refractivity contribution in [3.8, 4) is 11.4 Å². The van der Waals surface area contributed by atoms with Gasteiger partial charge in [0.25, 0.3) is 5.91 Å². The number of anilines is 1. The summed E-state index contributed by atoms with van der Waals surface area (Å²) >= 11 is 0. The van der Waals surface area contributed by atoms with Crippen LogP contribution in [0.3, 0.4) is 0 Å². The number of ether oxygens (including phenoxy) is 1. The molecule has 0 aliphatic carbocycles. The highest BCUT2D eigenvalue weighted by atomic mass is 16.5. The van der Waals surface area contributed by atoms with Crippen LogP contribution in [-0.4, -0.2) is 32.9 Å². The van der Waals surface area contributed by atoms with Gasteiger partial charge in [-0.05, 0) is 43.7 Å². The zero-order chi connectivity index (χ0) is 21.8. The molecule has 0 aliphatic heterocycles. The Bertz CT molecular complexity index is 1220. The molecule has 31 heavy (non-hydrogen) atoms. The van der Waals surface area contributed by atoms with Crippen molar-refractivity contribution in [2.45, 2.75) is 26.4 Å². The van der Waals surface area contributed by atoms with Gasteiger partial charge in [0.2, 0.25) is 0 Å². The van der Waals surface area contributed by atoms with Crippen molar-refractivity contribution >= 4 is 28.7 Å². The van der Waals surface area contributed by atoms with E-state index in [1.165, 1.54) is 0 Å². The number of aromatic amines is 1. The molecule has 7 heteroatoms. The number of para-hydroxylation sites is 2. The van der Waals surface area contributed by atoms with Gasteiger partial charge in [0.05, 0.1) is 16.6 Å². The first-order valence-corrected chi connectivity index (χ1v) is 10.0. The van der Waals surface area contributed by atoms with Crippen LogP contribution in [-0.2, 0) is 9.53 Å². The fourth-order valence-corrected chi connectivity index (χ4v) is 3.28. The van der Waals surface area contributed by atoms with Gasteiger partial charge in [-0.1, -0.05) is 43.3 Å². The Balaban J connectivity index is 1.55. The van der Waals surface area contributed by atoms with E-state index in [2.05, 4.69) is 20.3 Å². The van der Waals surface area contributed by atoms with Gasteiger partial charge in [-0.2, -0.15) is 0 Å². The second kappa shape index (κ2) is 8.79. The molecule has 1 unspecified atom stereocenters. The van der Waals surface area contributed by atoms with Crippen LogP contribution in [0.5, 0.6) is 0 Å². The van der Waals surface area contributed by atoms with Gasteiger partial charge in [0.1, 0.15) is 11.6 Å². The molecule has 2 aromatic carbocycles. The monoisotopic (exact) mass is 414 g/mol. The molecule has 0 aliphatic rings. The molecule has 7 nitrogen and oxygen atoms in total. The zero-order valence-corrected chi connectivity index (χ0v) is 17.3. The van der Waals surface area contributed by atoms with Gasteiger partial charge in [0, 0.05) is 11.3 Å². The van der Waals surface area contributed by atoms with Crippen molar-refractivity contribution in [1.29, 1.82) is 0 Å². The Hall–Kier alpha value is -4.00. The van der Waals surface area contributed by atoms with Gasteiger partial charge in [-0.25, -0.2) is 14.8 Å². The van der Waals surface area contributed by atoms with Crippen LogP contribution in [0.15, 0.2) is 66.7 Å². The maximum Gasteiger partial charge on any atom is 0.339 e. The largest absolute Gasteiger partial charge is 0.449 e. The van der Waals surface area contributed by atoms with E-state index in [4.69, 9.17) is 4.74 Å². The van der Waals surface area contributed by atoms with Gasteiger partial charge in [-0.15, -0.1) is 0 Å². The number of H-pyrrole nitrogens is 1. The van der Waals surface area contributed by atoms with Crippen molar-refractivity contribution in [1.82, 2.24) is 15.0 Å². The van der Waals surface area contributed by atoms with Crippen LogP contribution < -0.4 is 5.32 Å². The molecule has 4 aromatic rings. The van der Waals surface area contributed by atoms with Gasteiger partial charge < -0.3 is 15.0 Å². The lowest BCUT2D eigenvalue weighted by Gasteiger charge is -2.17. The average molecular weight is 414 g/mol. The summed E-state index contributed by atoms with van der Waals surface area (Å²) in [6.07, 6.45) is -0.616. The Morgan fingerprint density at radius 1 is 1.00 bits per heavy atom. The van der Waals surface area contributed by atoms with E-state index in [0.29, 0.717) is 29.2 Å². The third-order valence-corrected chi connectivity index (χ3v) is 4.84. The summed E-state index contributed by atoms with van der Waals surface area (Å²) in [6, 6.07) is 20.0. The molecule has 0 radical (unpaired) electrons. The van der Waals surface area contributed by atoms with E-state index in [1.807, 2.05) is 43.3 Å². The first-order valence-electron chi connectivity index (χ1n) is 10.0. The number of pyridine rings is 1. The first-order chi connectivity index (χ1) is 15.0. The quantitative estimate of drug-likeness (QED) is 0.453. The number of benzene rings is 2. The smallest absolute Gasteiger partial charge is 0.339 e. The number of aryl methyl sites for hydroxylation is 1. The molecule has 0 fully saturated rings. The number of fused-ring (bicyclic) bond motifs is 1. The van der Waals surface area contributed by atoms with E-state index < -0.39 is 18.0 Å². The average Bonchev–Trinajstić information content (AvgIpc) is 3.21. The number of hydrogen-bond donors (Lipinski definition) is 2. The summed E-state index contributed by atoms with van der Waals surface area (Å²) in [5.41, 5.74) is 3.40. The summed E-state index contributed by atoms with van der Waals surface area (Å²) in [5, 5.41) is 2.71. The van der Waals surface area contributed by atoms with E-state index in [1.54, 1.807) is 37.3 Å². The van der Waals surface area contributed by atoms with Crippen molar-refractivity contribution in [2.75, 3.05) is 5.32 Å². The molecular formula is C24H22N4O3. The Kier molecular flexibility index (Phi) is 5.75. The second-order valence-electron chi connectivity index (χ2n) is 7.10. The number of rotatable bonds is 6. The topological polar surface area (TPSA) is 97.0 Å². The lowest BCUT2D eigenvalue weighted by atomic mass is 10.1. The third kappa shape index (κ3) is 4.45. The van der Waals surface area contributed by atoms with Crippen molar-refractivity contribution in [3.05, 3.63) is 78.0 Å². The maximum absolute atomic E-state index is 13.0. The van der Waals surface area contributed by atoms with Gasteiger partial charge in [0.15, 0.2) is 6.10 Å². The Labute approximate surface area is 179 Å². The van der Waals surface area contributed by atoms with E-state index in [9.17, 15) is 9.59 Å². The number of carbonyl (C=O) groups is 2. The lowest BCUT2D eigenvalue weighted by molar-refractivity contribution is -0.124. The normalized spacial score (nSPS) is 11.8. The summed E-state index contributed by atoms with van der Waals surface area (Å²) in [5.74, 6) is -0.0252. The molecule has 2 N–H and O–H groups in total. The van der Waals surface area contributed by atoms with Crippen LogP contribution >= 0.6 is 0 Å². The van der Waals surface area contributed by atoms with Crippen LogP contribution in [0.2, 0.25) is 0 Å². The highest BCUT2D eigenvalue weighted by Crippen LogP contribution is 2.25. The molecule has 4 rings (SSSR count). The van der Waals surface area contributed by atoms with Gasteiger partial charge in [-0.3, -0.25) is 4.79 Å². The summed E-state index contributed by atoms with van der Waals surface area (Å²) in [7, 11) is 0. The first kappa shape index (κ1) is 20.3. The predicted molar refractivity (Wildman–Crippen MR) is 119 cm³/mol. The molecule has 1 atom stereocenters. The van der Waals surface area contributed by atoms with Crippen molar-refractivity contribution < 1.29 is 14.3 Å². The van der Waals surface area contributed by atoms with E-state index in [-0.39, 0.29) is 0 Å². The minimum Gasteiger partial charge on any atom is -0.449 e. The number of esters is 1. The Morgan fingerprint density at radius 3 is 2.55 bits per heavy atom. The molecular weight excluding hydrogens is 392 g/mol. The molecule has 2 aromatic heterocycles. The van der Waals surface area contributed by atoms with Crippen LogP contribution in [0.4, 0.5) is 5.82 Å². The van der Waals surface area contributed by atoms with E-state index >= 15 is 0 Å².